The molecule has 0 radical (unpaired) electrons. The first-order valence-electron chi connectivity index (χ1n) is 8.88. The monoisotopic (exact) mass is 351 g/mol. The van der Waals surface area contributed by atoms with Crippen LogP contribution in [-0.2, 0) is 4.79 Å². The Morgan fingerprint density at radius 1 is 0.889 bits per heavy atom. The Morgan fingerprint density at radius 2 is 1.59 bits per heavy atom. The first-order chi connectivity index (χ1) is 13.2. The fraction of sp³-hybridized carbons (Fsp3) is 0.0435. The fourth-order valence-electron chi connectivity index (χ4n) is 3.67. The van der Waals surface area contributed by atoms with Crippen LogP contribution in [0.4, 0.5) is 5.69 Å². The number of hydrogen-bond acceptors (Lipinski definition) is 2. The number of aromatic amines is 1. The number of hydrogen-bond donors (Lipinski definition) is 2. The molecule has 0 aliphatic heterocycles. The van der Waals surface area contributed by atoms with Gasteiger partial charge in [-0.15, -0.1) is 0 Å². The molecule has 0 unspecified atom stereocenters. The summed E-state index contributed by atoms with van der Waals surface area (Å²) in [7, 11) is 0. The lowest BCUT2D eigenvalue weighted by molar-refractivity contribution is -0.114. The van der Waals surface area contributed by atoms with Crippen LogP contribution in [-0.4, -0.2) is 15.9 Å². The van der Waals surface area contributed by atoms with Gasteiger partial charge in [0, 0.05) is 39.8 Å². The molecule has 0 saturated heterocycles. The predicted octanol–water partition coefficient (Wildman–Crippen LogP) is 5.49. The van der Waals surface area contributed by atoms with Gasteiger partial charge in [-0.3, -0.25) is 4.79 Å². The third-order valence-electron chi connectivity index (χ3n) is 4.83. The van der Waals surface area contributed by atoms with E-state index in [1.165, 1.54) is 6.92 Å². The Hall–Kier alpha value is -3.66. The summed E-state index contributed by atoms with van der Waals surface area (Å²) in [5.41, 5.74) is 5.89. The summed E-state index contributed by atoms with van der Waals surface area (Å²) in [6.07, 6.45) is 0. The Bertz CT molecular complexity index is 1320. The quantitative estimate of drug-likeness (QED) is 0.441. The molecule has 0 aliphatic carbocycles. The maximum Gasteiger partial charge on any atom is 0.221 e. The maximum absolute atomic E-state index is 11.3. The highest BCUT2D eigenvalue weighted by Crippen LogP contribution is 2.37. The lowest BCUT2D eigenvalue weighted by atomic mass is 10.0. The summed E-state index contributed by atoms with van der Waals surface area (Å²) < 4.78 is 0. The summed E-state index contributed by atoms with van der Waals surface area (Å²) in [4.78, 5) is 19.8. The molecule has 0 atom stereocenters. The number of benzene rings is 3. The molecule has 5 rings (SSSR count). The van der Waals surface area contributed by atoms with Gasteiger partial charge >= 0.3 is 0 Å². The molecule has 3 aromatic carbocycles. The van der Waals surface area contributed by atoms with Crippen LogP contribution in [0.5, 0.6) is 0 Å². The average molecular weight is 351 g/mol. The van der Waals surface area contributed by atoms with Crippen LogP contribution in [0.1, 0.15) is 6.92 Å². The van der Waals surface area contributed by atoms with Gasteiger partial charge in [-0.2, -0.15) is 0 Å². The first-order valence-corrected chi connectivity index (χ1v) is 8.88. The Morgan fingerprint density at radius 3 is 2.37 bits per heavy atom. The summed E-state index contributed by atoms with van der Waals surface area (Å²) >= 11 is 0. The van der Waals surface area contributed by atoms with Crippen LogP contribution in [0.2, 0.25) is 0 Å². The van der Waals surface area contributed by atoms with E-state index in [-0.39, 0.29) is 5.91 Å². The van der Waals surface area contributed by atoms with E-state index in [1.54, 1.807) is 0 Å². The zero-order valence-electron chi connectivity index (χ0n) is 14.8. The van der Waals surface area contributed by atoms with Crippen molar-refractivity contribution in [1.29, 1.82) is 0 Å². The largest absolute Gasteiger partial charge is 0.354 e. The Kier molecular flexibility index (Phi) is 3.44. The van der Waals surface area contributed by atoms with Crippen molar-refractivity contribution in [1.82, 2.24) is 9.97 Å². The molecule has 0 spiro atoms. The van der Waals surface area contributed by atoms with Crippen molar-refractivity contribution in [2.45, 2.75) is 6.92 Å². The number of carbonyl (C=O) groups excluding carboxylic acids is 1. The molecule has 2 aromatic heterocycles. The number of amides is 1. The number of H-pyrrole nitrogens is 1. The molecule has 130 valence electrons. The SMILES string of the molecule is CC(=O)Nc1ccc(-c2nc3ccccc3c3[nH]c4ccccc4c23)cc1. The number of anilines is 1. The third kappa shape index (κ3) is 2.54. The molecule has 27 heavy (non-hydrogen) atoms. The van der Waals surface area contributed by atoms with Gasteiger partial charge < -0.3 is 10.3 Å². The van der Waals surface area contributed by atoms with E-state index in [1.807, 2.05) is 48.5 Å². The molecule has 1 amide bonds. The van der Waals surface area contributed by atoms with Crippen LogP contribution < -0.4 is 5.32 Å². The molecular formula is C23H17N3O. The minimum atomic E-state index is -0.0781. The zero-order chi connectivity index (χ0) is 18.4. The number of fused-ring (bicyclic) bond motifs is 5. The lowest BCUT2D eigenvalue weighted by Gasteiger charge is -2.08. The van der Waals surface area contributed by atoms with Gasteiger partial charge in [-0.05, 0) is 24.3 Å². The number of nitrogens with zero attached hydrogens (tertiary/aromatic N) is 1. The molecule has 4 nitrogen and oxygen atoms in total. The number of pyridine rings is 1. The maximum atomic E-state index is 11.3. The first kappa shape index (κ1) is 15.6. The number of nitrogens with one attached hydrogen (secondary N) is 2. The van der Waals surface area contributed by atoms with Crippen molar-refractivity contribution in [2.24, 2.45) is 0 Å². The van der Waals surface area contributed by atoms with Gasteiger partial charge in [-0.25, -0.2) is 4.98 Å². The van der Waals surface area contributed by atoms with Crippen molar-refractivity contribution in [3.63, 3.8) is 0 Å². The van der Waals surface area contributed by atoms with E-state index in [0.717, 1.165) is 49.7 Å². The summed E-state index contributed by atoms with van der Waals surface area (Å²) in [6.45, 7) is 1.51. The molecule has 0 fully saturated rings. The van der Waals surface area contributed by atoms with Gasteiger partial charge in [0.05, 0.1) is 16.7 Å². The minimum Gasteiger partial charge on any atom is -0.354 e. The van der Waals surface area contributed by atoms with Crippen LogP contribution >= 0.6 is 0 Å². The molecule has 0 bridgehead atoms. The van der Waals surface area contributed by atoms with Crippen molar-refractivity contribution in [3.8, 4) is 11.3 Å². The normalized spacial score (nSPS) is 11.3. The third-order valence-corrected chi connectivity index (χ3v) is 4.83. The average Bonchev–Trinajstić information content (AvgIpc) is 3.07. The molecule has 0 saturated carbocycles. The van der Waals surface area contributed by atoms with Crippen LogP contribution in [0.15, 0.2) is 72.8 Å². The van der Waals surface area contributed by atoms with E-state index in [0.29, 0.717) is 0 Å². The Balaban J connectivity index is 1.83. The minimum absolute atomic E-state index is 0.0781. The summed E-state index contributed by atoms with van der Waals surface area (Å²) in [6, 6.07) is 24.3. The highest BCUT2D eigenvalue weighted by Gasteiger charge is 2.15. The van der Waals surface area contributed by atoms with Crippen LogP contribution in [0.3, 0.4) is 0 Å². The highest BCUT2D eigenvalue weighted by molar-refractivity contribution is 6.20. The number of aromatic nitrogens is 2. The second-order valence-corrected chi connectivity index (χ2v) is 6.66. The van der Waals surface area contributed by atoms with Crippen molar-refractivity contribution in [3.05, 3.63) is 72.8 Å². The summed E-state index contributed by atoms with van der Waals surface area (Å²) in [5.74, 6) is -0.0781. The standard InChI is InChI=1S/C23H17N3O/c1-14(27)24-16-12-10-15(11-13-16)22-21-17-6-2-4-8-19(17)26-23(21)18-7-3-5-9-20(18)25-22/h2-13,26H,1H3,(H,24,27). The summed E-state index contributed by atoms with van der Waals surface area (Å²) in [5, 5.41) is 6.20. The molecular weight excluding hydrogens is 334 g/mol. The second kappa shape index (κ2) is 5.95. The molecule has 5 aromatic rings. The highest BCUT2D eigenvalue weighted by atomic mass is 16.1. The molecule has 4 heteroatoms. The van der Waals surface area contributed by atoms with E-state index in [4.69, 9.17) is 4.98 Å². The zero-order valence-corrected chi connectivity index (χ0v) is 14.8. The number of carbonyl (C=O) groups is 1. The van der Waals surface area contributed by atoms with Crippen LogP contribution in [0.25, 0.3) is 44.0 Å². The van der Waals surface area contributed by atoms with Crippen LogP contribution in [0, 0.1) is 0 Å². The number of para-hydroxylation sites is 2. The van der Waals surface area contributed by atoms with E-state index in [2.05, 4.69) is 34.6 Å². The topological polar surface area (TPSA) is 57.8 Å². The molecule has 0 aliphatic rings. The van der Waals surface area contributed by atoms with Gasteiger partial charge in [0.25, 0.3) is 0 Å². The van der Waals surface area contributed by atoms with Gasteiger partial charge in [0.15, 0.2) is 0 Å². The van der Waals surface area contributed by atoms with Crippen molar-refractivity contribution in [2.75, 3.05) is 5.32 Å². The van der Waals surface area contributed by atoms with E-state index < -0.39 is 0 Å². The number of rotatable bonds is 2. The van der Waals surface area contributed by atoms with E-state index >= 15 is 0 Å². The van der Waals surface area contributed by atoms with Gasteiger partial charge in [0.1, 0.15) is 0 Å². The molecule has 2 N–H and O–H groups in total. The molecule has 2 heterocycles. The second-order valence-electron chi connectivity index (χ2n) is 6.66. The predicted molar refractivity (Wildman–Crippen MR) is 111 cm³/mol. The van der Waals surface area contributed by atoms with Gasteiger partial charge in [0.2, 0.25) is 5.91 Å². The Labute approximate surface area is 155 Å². The van der Waals surface area contributed by atoms with Crippen molar-refractivity contribution < 1.29 is 4.79 Å². The lowest BCUT2D eigenvalue weighted by Crippen LogP contribution is -2.05. The van der Waals surface area contributed by atoms with Crippen molar-refractivity contribution >= 4 is 44.3 Å². The van der Waals surface area contributed by atoms with E-state index in [9.17, 15) is 4.79 Å². The fourth-order valence-corrected chi connectivity index (χ4v) is 3.67. The smallest absolute Gasteiger partial charge is 0.221 e. The van der Waals surface area contributed by atoms with Gasteiger partial charge in [-0.1, -0.05) is 48.5 Å².